The van der Waals surface area contributed by atoms with Gasteiger partial charge >= 0.3 is 0 Å². The van der Waals surface area contributed by atoms with Crippen molar-refractivity contribution in [2.75, 3.05) is 43.2 Å². The van der Waals surface area contributed by atoms with Gasteiger partial charge in [0.1, 0.15) is 11.8 Å². The van der Waals surface area contributed by atoms with E-state index in [9.17, 15) is 0 Å². The largest absolute Gasteiger partial charge is 0.497 e. The van der Waals surface area contributed by atoms with Crippen molar-refractivity contribution < 1.29 is 9.47 Å². The van der Waals surface area contributed by atoms with Crippen molar-refractivity contribution in [1.82, 2.24) is 14.9 Å². The van der Waals surface area contributed by atoms with Crippen LogP contribution in [0.15, 0.2) is 85.1 Å². The predicted molar refractivity (Wildman–Crippen MR) is 154 cm³/mol. The van der Waals surface area contributed by atoms with Crippen LogP contribution in [-0.4, -0.2) is 48.1 Å². The van der Waals surface area contributed by atoms with Crippen LogP contribution in [0.3, 0.4) is 0 Å². The Balaban J connectivity index is 1.43. The van der Waals surface area contributed by atoms with Gasteiger partial charge in [-0.2, -0.15) is 0 Å². The van der Waals surface area contributed by atoms with Crippen molar-refractivity contribution in [3.05, 3.63) is 102 Å². The van der Waals surface area contributed by atoms with Crippen LogP contribution in [0.25, 0.3) is 5.69 Å². The van der Waals surface area contributed by atoms with Gasteiger partial charge < -0.3 is 29.2 Å². The highest BCUT2D eigenvalue weighted by atomic mass is 32.1. The van der Waals surface area contributed by atoms with E-state index < -0.39 is 0 Å². The third kappa shape index (κ3) is 4.50. The second kappa shape index (κ2) is 10.5. The first-order valence-electron chi connectivity index (χ1n) is 12.9. The zero-order valence-corrected chi connectivity index (χ0v) is 22.4. The molecule has 1 N–H and O–H groups in total. The maximum atomic E-state index is 5.97. The van der Waals surface area contributed by atoms with Crippen molar-refractivity contribution in [2.45, 2.75) is 19.0 Å². The number of aryl methyl sites for hydroxylation is 1. The number of methoxy groups -OCH3 is 1. The van der Waals surface area contributed by atoms with Crippen molar-refractivity contribution >= 4 is 28.7 Å². The molecule has 2 aliphatic heterocycles. The highest BCUT2D eigenvalue weighted by Crippen LogP contribution is 2.43. The van der Waals surface area contributed by atoms with Gasteiger partial charge in [-0.1, -0.05) is 6.07 Å². The minimum absolute atomic E-state index is 0.109. The summed E-state index contributed by atoms with van der Waals surface area (Å²) in [5.74, 6) is 0.831. The molecule has 0 aliphatic carbocycles. The molecule has 0 amide bonds. The number of aromatic nitrogens is 2. The van der Waals surface area contributed by atoms with Crippen molar-refractivity contribution in [3.8, 4) is 11.4 Å². The van der Waals surface area contributed by atoms with E-state index in [0.717, 1.165) is 60.5 Å². The molecule has 0 radical (unpaired) electrons. The van der Waals surface area contributed by atoms with Gasteiger partial charge in [0.25, 0.3) is 0 Å². The molecule has 6 rings (SSSR count). The third-order valence-electron chi connectivity index (χ3n) is 7.34. The van der Waals surface area contributed by atoms with Gasteiger partial charge in [0.2, 0.25) is 0 Å². The van der Waals surface area contributed by atoms with E-state index in [0.29, 0.717) is 5.11 Å². The summed E-state index contributed by atoms with van der Waals surface area (Å²) in [6, 6.07) is 27.0. The fourth-order valence-electron chi connectivity index (χ4n) is 5.45. The Morgan fingerprint density at radius 1 is 0.895 bits per heavy atom. The van der Waals surface area contributed by atoms with Gasteiger partial charge in [0.15, 0.2) is 5.11 Å². The fourth-order valence-corrected chi connectivity index (χ4v) is 5.80. The lowest BCUT2D eigenvalue weighted by atomic mass is 10.0. The summed E-state index contributed by atoms with van der Waals surface area (Å²) in [6.45, 7) is 5.46. The van der Waals surface area contributed by atoms with Crippen molar-refractivity contribution in [2.24, 2.45) is 0 Å². The Morgan fingerprint density at radius 2 is 1.61 bits per heavy atom. The molecule has 0 bridgehead atoms. The molecule has 8 heteroatoms. The molecule has 2 aromatic heterocycles. The average Bonchev–Trinajstić information content (AvgIpc) is 3.53. The molecule has 2 saturated heterocycles. The molecule has 0 unspecified atom stereocenters. The highest BCUT2D eigenvalue weighted by molar-refractivity contribution is 7.80. The maximum Gasteiger partial charge on any atom is 0.174 e. The molecular weight excluding hydrogens is 494 g/mol. The molecule has 194 valence electrons. The zero-order valence-electron chi connectivity index (χ0n) is 21.6. The molecule has 4 heterocycles. The van der Waals surface area contributed by atoms with E-state index >= 15 is 0 Å². The third-order valence-corrected chi connectivity index (χ3v) is 7.66. The van der Waals surface area contributed by atoms with Crippen LogP contribution in [-0.2, 0) is 4.74 Å². The number of morpholine rings is 1. The zero-order chi connectivity index (χ0) is 26.1. The fraction of sp³-hybridized carbons (Fsp3) is 0.267. The second-order valence-electron chi connectivity index (χ2n) is 9.55. The number of nitrogens with zero attached hydrogens (tertiary/aromatic N) is 4. The molecule has 0 saturated carbocycles. The van der Waals surface area contributed by atoms with Crippen LogP contribution < -0.4 is 19.9 Å². The number of thiocarbonyl (C=S) groups is 1. The summed E-state index contributed by atoms with van der Waals surface area (Å²) in [4.78, 5) is 9.30. The van der Waals surface area contributed by atoms with Crippen molar-refractivity contribution in [1.29, 1.82) is 0 Å². The molecule has 2 atom stereocenters. The van der Waals surface area contributed by atoms with Crippen LogP contribution in [0, 0.1) is 6.92 Å². The Morgan fingerprint density at radius 3 is 2.29 bits per heavy atom. The first kappa shape index (κ1) is 24.5. The number of benzene rings is 2. The van der Waals surface area contributed by atoms with E-state index in [1.165, 1.54) is 5.69 Å². The molecule has 2 aliphatic rings. The van der Waals surface area contributed by atoms with Gasteiger partial charge in [-0.25, -0.2) is 0 Å². The summed E-state index contributed by atoms with van der Waals surface area (Å²) in [7, 11) is 1.69. The average molecular weight is 526 g/mol. The lowest BCUT2D eigenvalue weighted by molar-refractivity contribution is 0.122. The molecule has 2 aromatic carbocycles. The van der Waals surface area contributed by atoms with Crippen LogP contribution in [0.5, 0.6) is 5.75 Å². The maximum absolute atomic E-state index is 5.97. The van der Waals surface area contributed by atoms with E-state index in [2.05, 4.69) is 81.2 Å². The van der Waals surface area contributed by atoms with Gasteiger partial charge in [0, 0.05) is 47.7 Å². The quantitative estimate of drug-likeness (QED) is 0.347. The number of ether oxygens (including phenoxy) is 2. The molecule has 0 spiro atoms. The molecule has 7 nitrogen and oxygen atoms in total. The molecular formula is C30H31N5O2S. The molecule has 4 aromatic rings. The van der Waals surface area contributed by atoms with E-state index in [1.54, 1.807) is 7.11 Å². The first-order chi connectivity index (χ1) is 18.6. The first-order valence-corrected chi connectivity index (χ1v) is 13.3. The van der Waals surface area contributed by atoms with E-state index in [-0.39, 0.29) is 12.1 Å². The minimum Gasteiger partial charge on any atom is -0.497 e. The Labute approximate surface area is 228 Å². The minimum atomic E-state index is -0.117. The predicted octanol–water partition coefficient (Wildman–Crippen LogP) is 5.20. The van der Waals surface area contributed by atoms with Gasteiger partial charge in [0.05, 0.1) is 32.1 Å². The second-order valence-corrected chi connectivity index (χ2v) is 9.93. The number of anilines is 2. The number of hydrogen-bond donors (Lipinski definition) is 1. The number of hydrogen-bond acceptors (Lipinski definition) is 5. The topological polar surface area (TPSA) is 54.8 Å². The summed E-state index contributed by atoms with van der Waals surface area (Å²) in [5, 5.41) is 4.27. The number of pyridine rings is 1. The van der Waals surface area contributed by atoms with Crippen molar-refractivity contribution in [3.63, 3.8) is 0 Å². The Bertz CT molecular complexity index is 1400. The SMILES string of the molecule is COc1ccc(-n2c(C)ccc2[C@@H]2[C@H](c3ccccn3)NC(=S)N2c2ccc(N3CCOCC3)cc2)cc1. The molecule has 2 fully saturated rings. The monoisotopic (exact) mass is 525 g/mol. The standard InChI is InChI=1S/C30H31N5O2S/c1-21-6-15-27(34(21)23-11-13-25(36-2)14-12-23)29-28(26-5-3-4-16-31-26)32-30(38)35(29)24-9-7-22(8-10-24)33-17-19-37-20-18-33/h3-16,28-29H,17-20H2,1-2H3,(H,32,38)/t28-,29+/m0/s1. The van der Waals surface area contributed by atoms with Gasteiger partial charge in [-0.05, 0) is 91.9 Å². The summed E-state index contributed by atoms with van der Waals surface area (Å²) >= 11 is 5.97. The van der Waals surface area contributed by atoms with Crippen LogP contribution in [0.1, 0.15) is 29.2 Å². The van der Waals surface area contributed by atoms with Crippen LogP contribution in [0.2, 0.25) is 0 Å². The number of nitrogens with one attached hydrogen (secondary N) is 1. The van der Waals surface area contributed by atoms with E-state index in [4.69, 9.17) is 26.7 Å². The molecule has 38 heavy (non-hydrogen) atoms. The van der Waals surface area contributed by atoms with Gasteiger partial charge in [-0.15, -0.1) is 0 Å². The Hall–Kier alpha value is -3.88. The lowest BCUT2D eigenvalue weighted by Gasteiger charge is -2.31. The smallest absolute Gasteiger partial charge is 0.174 e. The summed E-state index contributed by atoms with van der Waals surface area (Å²) < 4.78 is 13.2. The van der Waals surface area contributed by atoms with Crippen LogP contribution >= 0.6 is 12.2 Å². The normalized spacial score (nSPS) is 19.5. The van der Waals surface area contributed by atoms with Gasteiger partial charge in [-0.3, -0.25) is 4.98 Å². The highest BCUT2D eigenvalue weighted by Gasteiger charge is 2.42. The lowest BCUT2D eigenvalue weighted by Crippen LogP contribution is -2.36. The number of rotatable bonds is 6. The summed E-state index contributed by atoms with van der Waals surface area (Å²) in [5.41, 5.74) is 6.54. The van der Waals surface area contributed by atoms with Crippen LogP contribution in [0.4, 0.5) is 11.4 Å². The van der Waals surface area contributed by atoms with E-state index in [1.807, 2.05) is 30.5 Å². The Kier molecular flexibility index (Phi) is 6.74. The summed E-state index contributed by atoms with van der Waals surface area (Å²) in [6.07, 6.45) is 1.84.